The van der Waals surface area contributed by atoms with Crippen molar-refractivity contribution in [1.82, 2.24) is 24.7 Å². The molecule has 0 aliphatic heterocycles. The molecule has 0 aliphatic carbocycles. The van der Waals surface area contributed by atoms with Gasteiger partial charge >= 0.3 is 11.4 Å². The van der Waals surface area contributed by atoms with E-state index in [0.29, 0.717) is 5.16 Å². The average molecular weight is 311 g/mol. The van der Waals surface area contributed by atoms with Crippen molar-refractivity contribution in [1.29, 1.82) is 0 Å². The molecule has 0 aromatic carbocycles. The van der Waals surface area contributed by atoms with Gasteiger partial charge in [0.25, 0.3) is 0 Å². The predicted octanol–water partition coefficient (Wildman–Crippen LogP) is 1.04. The van der Waals surface area contributed by atoms with E-state index in [1.54, 1.807) is 0 Å². The number of aromatic nitrogens is 5. The fourth-order valence-electron chi connectivity index (χ4n) is 1.69. The van der Waals surface area contributed by atoms with Crippen molar-refractivity contribution >= 4 is 23.3 Å². The van der Waals surface area contributed by atoms with Crippen molar-refractivity contribution in [3.63, 3.8) is 0 Å². The number of nitrogens with zero attached hydrogens (tertiary/aromatic N) is 5. The van der Waals surface area contributed by atoms with E-state index in [-0.39, 0.29) is 28.3 Å². The number of aromatic amines is 1. The third kappa shape index (κ3) is 2.86. The Kier molecular flexibility index (Phi) is 4.21. The Hall–Kier alpha value is -2.43. The van der Waals surface area contributed by atoms with Crippen molar-refractivity contribution in [3.05, 3.63) is 26.9 Å². The van der Waals surface area contributed by atoms with Gasteiger partial charge in [-0.25, -0.2) is 19.9 Å². The number of nitrogens with one attached hydrogen (secondary N) is 2. The van der Waals surface area contributed by atoms with Crippen LogP contribution in [0, 0.1) is 10.1 Å². The van der Waals surface area contributed by atoms with E-state index in [4.69, 9.17) is 0 Å². The molecule has 112 valence electrons. The summed E-state index contributed by atoms with van der Waals surface area (Å²) in [4.78, 5) is 30.0. The molecule has 0 unspecified atom stereocenters. The molecule has 2 heterocycles. The van der Waals surface area contributed by atoms with E-state index in [1.807, 2.05) is 13.8 Å². The molecule has 0 fully saturated rings. The number of hydrogen-bond acceptors (Lipinski definition) is 8. The van der Waals surface area contributed by atoms with Gasteiger partial charge in [-0.05, 0) is 25.6 Å². The van der Waals surface area contributed by atoms with Crippen molar-refractivity contribution in [2.75, 3.05) is 12.4 Å². The Morgan fingerprint density at radius 1 is 1.48 bits per heavy atom. The summed E-state index contributed by atoms with van der Waals surface area (Å²) in [5.74, 6) is 0.103. The van der Waals surface area contributed by atoms with Gasteiger partial charge in [-0.2, -0.15) is 0 Å². The van der Waals surface area contributed by atoms with E-state index in [2.05, 4.69) is 25.5 Å². The molecule has 21 heavy (non-hydrogen) atoms. The molecule has 0 atom stereocenters. The van der Waals surface area contributed by atoms with E-state index in [0.717, 1.165) is 11.8 Å². The molecule has 11 heteroatoms. The topological polar surface area (TPSA) is 132 Å². The lowest BCUT2D eigenvalue weighted by Gasteiger charge is -2.08. The lowest BCUT2D eigenvalue weighted by atomic mass is 10.4. The molecular formula is C10H13N7O3S. The van der Waals surface area contributed by atoms with Gasteiger partial charge in [0.15, 0.2) is 10.2 Å². The molecule has 2 aromatic heterocycles. The van der Waals surface area contributed by atoms with Crippen molar-refractivity contribution < 1.29 is 4.92 Å². The second kappa shape index (κ2) is 5.91. The molecular weight excluding hydrogens is 298 g/mol. The monoisotopic (exact) mass is 311 g/mol. The van der Waals surface area contributed by atoms with Gasteiger partial charge in [-0.15, -0.1) is 5.10 Å². The minimum atomic E-state index is -0.571. The minimum absolute atomic E-state index is 0.103. The maximum absolute atomic E-state index is 11.7. The van der Waals surface area contributed by atoms with Crippen LogP contribution in [-0.4, -0.2) is 36.7 Å². The smallest absolute Gasteiger partial charge is 0.344 e. The van der Waals surface area contributed by atoms with E-state index in [9.17, 15) is 14.9 Å². The van der Waals surface area contributed by atoms with Gasteiger partial charge < -0.3 is 5.32 Å². The number of H-pyrrole nitrogens is 1. The first-order chi connectivity index (χ1) is 9.95. The van der Waals surface area contributed by atoms with Gasteiger partial charge in [0.2, 0.25) is 5.82 Å². The molecule has 2 N–H and O–H groups in total. The summed E-state index contributed by atoms with van der Waals surface area (Å²) in [7, 11) is 1.53. The van der Waals surface area contributed by atoms with Gasteiger partial charge in [-0.3, -0.25) is 14.7 Å². The highest BCUT2D eigenvalue weighted by Gasteiger charge is 2.25. The SMILES string of the molecule is CNc1ncnc(Sc2n[nH]c(=O)n2C(C)C)c1[N+](=O)[O-]. The summed E-state index contributed by atoms with van der Waals surface area (Å²) in [5, 5.41) is 20.4. The van der Waals surface area contributed by atoms with E-state index >= 15 is 0 Å². The number of anilines is 1. The molecule has 0 saturated heterocycles. The van der Waals surface area contributed by atoms with Crippen LogP contribution >= 0.6 is 11.8 Å². The molecule has 0 amide bonds. The van der Waals surface area contributed by atoms with Crippen LogP contribution in [0.5, 0.6) is 0 Å². The fraction of sp³-hybridized carbons (Fsp3) is 0.400. The highest BCUT2D eigenvalue weighted by Crippen LogP contribution is 2.35. The summed E-state index contributed by atoms with van der Waals surface area (Å²) < 4.78 is 1.40. The van der Waals surface area contributed by atoms with Gasteiger partial charge in [-0.1, -0.05) is 0 Å². The summed E-state index contributed by atoms with van der Waals surface area (Å²) >= 11 is 0.936. The van der Waals surface area contributed by atoms with Crippen LogP contribution in [0.2, 0.25) is 0 Å². The number of nitro groups is 1. The lowest BCUT2D eigenvalue weighted by molar-refractivity contribution is -0.387. The van der Waals surface area contributed by atoms with Crippen LogP contribution in [0.15, 0.2) is 21.3 Å². The molecule has 0 bridgehead atoms. The van der Waals surface area contributed by atoms with Crippen LogP contribution in [-0.2, 0) is 0 Å². The average Bonchev–Trinajstić information content (AvgIpc) is 2.79. The molecule has 0 aliphatic rings. The highest BCUT2D eigenvalue weighted by atomic mass is 32.2. The quantitative estimate of drug-likeness (QED) is 0.475. The molecule has 0 saturated carbocycles. The lowest BCUT2D eigenvalue weighted by Crippen LogP contribution is -2.19. The van der Waals surface area contributed by atoms with Crippen LogP contribution in [0.3, 0.4) is 0 Å². The van der Waals surface area contributed by atoms with Crippen molar-refractivity contribution in [3.8, 4) is 0 Å². The Morgan fingerprint density at radius 3 is 2.76 bits per heavy atom. The third-order valence-corrected chi connectivity index (χ3v) is 3.55. The Morgan fingerprint density at radius 2 is 2.19 bits per heavy atom. The standard InChI is InChI=1S/C10H13N7O3S/c1-5(2)16-9(18)14-15-10(16)21-8-6(17(19)20)7(11-3)12-4-13-8/h4-5H,1-3H3,(H,14,18)(H,11,12,13). The summed E-state index contributed by atoms with van der Waals surface area (Å²) in [6.07, 6.45) is 1.21. The molecule has 0 radical (unpaired) electrons. The fourth-order valence-corrected chi connectivity index (χ4v) is 2.71. The molecule has 2 aromatic rings. The van der Waals surface area contributed by atoms with E-state index in [1.165, 1.54) is 17.9 Å². The van der Waals surface area contributed by atoms with Crippen LogP contribution in [0.4, 0.5) is 11.5 Å². The number of rotatable bonds is 5. The minimum Gasteiger partial charge on any atom is -0.367 e. The zero-order valence-corrected chi connectivity index (χ0v) is 12.3. The third-order valence-electron chi connectivity index (χ3n) is 2.58. The maximum Gasteiger partial charge on any atom is 0.344 e. The zero-order valence-electron chi connectivity index (χ0n) is 11.5. The van der Waals surface area contributed by atoms with E-state index < -0.39 is 4.92 Å². The van der Waals surface area contributed by atoms with Gasteiger partial charge in [0.05, 0.1) is 4.92 Å². The predicted molar refractivity (Wildman–Crippen MR) is 75.6 cm³/mol. The Balaban J connectivity index is 2.50. The Bertz CT molecular complexity index is 724. The summed E-state index contributed by atoms with van der Waals surface area (Å²) in [6, 6.07) is -0.136. The first kappa shape index (κ1) is 15.0. The van der Waals surface area contributed by atoms with Crippen molar-refractivity contribution in [2.45, 2.75) is 30.1 Å². The summed E-state index contributed by atoms with van der Waals surface area (Å²) in [6.45, 7) is 3.63. The Labute approximate surface area is 123 Å². The largest absolute Gasteiger partial charge is 0.367 e. The first-order valence-electron chi connectivity index (χ1n) is 5.97. The second-order valence-electron chi connectivity index (χ2n) is 4.26. The summed E-state index contributed by atoms with van der Waals surface area (Å²) in [5.41, 5.74) is -0.631. The van der Waals surface area contributed by atoms with Crippen LogP contribution < -0.4 is 11.0 Å². The second-order valence-corrected chi connectivity index (χ2v) is 5.22. The maximum atomic E-state index is 11.7. The van der Waals surface area contributed by atoms with Gasteiger partial charge in [0, 0.05) is 13.1 Å². The highest BCUT2D eigenvalue weighted by molar-refractivity contribution is 7.99. The van der Waals surface area contributed by atoms with Crippen molar-refractivity contribution in [2.24, 2.45) is 0 Å². The normalized spacial score (nSPS) is 10.9. The molecule has 10 nitrogen and oxygen atoms in total. The first-order valence-corrected chi connectivity index (χ1v) is 6.79. The van der Waals surface area contributed by atoms with Gasteiger partial charge in [0.1, 0.15) is 6.33 Å². The molecule has 0 spiro atoms. The van der Waals surface area contributed by atoms with Crippen LogP contribution in [0.1, 0.15) is 19.9 Å². The zero-order chi connectivity index (χ0) is 15.6. The molecule has 2 rings (SSSR count). The number of hydrogen-bond donors (Lipinski definition) is 2. The van der Waals surface area contributed by atoms with Crippen LogP contribution in [0.25, 0.3) is 0 Å².